The van der Waals surface area contributed by atoms with Crippen LogP contribution in [0, 0.1) is 0 Å². The Labute approximate surface area is 141 Å². The maximum Gasteiger partial charge on any atom is 0.469 e. The largest absolute Gasteiger partial charge is 0.469 e. The molecule has 0 aliphatic carbocycles. The van der Waals surface area contributed by atoms with Crippen LogP contribution in [0.5, 0.6) is 0 Å². The first-order chi connectivity index (χ1) is 10.5. The van der Waals surface area contributed by atoms with Crippen LogP contribution in [0.3, 0.4) is 0 Å². The third-order valence-electron chi connectivity index (χ3n) is 3.79. The molecule has 0 bridgehead atoms. The number of unbranched alkanes of at least 4 members (excludes halogenated alkanes) is 11. The second-order valence-corrected chi connectivity index (χ2v) is 7.92. The van der Waals surface area contributed by atoms with Gasteiger partial charge in [-0.3, -0.25) is 4.52 Å². The van der Waals surface area contributed by atoms with Crippen molar-refractivity contribution in [1.82, 2.24) is 0 Å². The molecule has 0 saturated carbocycles. The third-order valence-corrected chi connectivity index (χ3v) is 4.62. The molecule has 0 saturated heterocycles. The van der Waals surface area contributed by atoms with Crippen molar-refractivity contribution in [3.63, 3.8) is 0 Å². The molecule has 0 aromatic heterocycles. The first kappa shape index (κ1) is 22.4. The average molecular weight is 357 g/mol. The van der Waals surface area contributed by atoms with Gasteiger partial charge in [-0.1, -0.05) is 84.0 Å². The maximum atomic E-state index is 10.5. The van der Waals surface area contributed by atoms with Gasteiger partial charge in [0.15, 0.2) is 0 Å². The predicted octanol–water partition coefficient (Wildman–Crippen LogP) is 5.79. The molecular formula is C16H34ClO4P. The fourth-order valence-corrected chi connectivity index (χ4v) is 3.15. The number of hydrogen-bond donors (Lipinski definition) is 2. The van der Waals surface area contributed by atoms with Crippen molar-refractivity contribution < 1.29 is 18.9 Å². The lowest BCUT2D eigenvalue weighted by Crippen LogP contribution is -2.07. The highest BCUT2D eigenvalue weighted by Gasteiger charge is 2.16. The summed E-state index contributed by atoms with van der Waals surface area (Å²) >= 11 is 5.95. The quantitative estimate of drug-likeness (QED) is 0.208. The lowest BCUT2D eigenvalue weighted by molar-refractivity contribution is 0.194. The molecule has 0 spiro atoms. The van der Waals surface area contributed by atoms with Crippen LogP contribution >= 0.6 is 19.4 Å². The molecule has 0 aliphatic heterocycles. The zero-order valence-electron chi connectivity index (χ0n) is 14.0. The van der Waals surface area contributed by atoms with Crippen molar-refractivity contribution in [3.8, 4) is 0 Å². The Morgan fingerprint density at radius 1 is 0.864 bits per heavy atom. The number of phosphoric acid groups is 1. The van der Waals surface area contributed by atoms with Crippen molar-refractivity contribution in [2.24, 2.45) is 0 Å². The van der Waals surface area contributed by atoms with Gasteiger partial charge < -0.3 is 9.79 Å². The standard InChI is InChI=1S/C16H34ClO4P/c1-2-3-4-5-6-7-8-9-10-11-12-13-14-16(17)15-21-22(18,19)20/h16H,2-15H2,1H3,(H2,18,19,20). The van der Waals surface area contributed by atoms with Gasteiger partial charge in [-0.15, -0.1) is 11.6 Å². The Kier molecular flexibility index (Phi) is 15.2. The van der Waals surface area contributed by atoms with Gasteiger partial charge >= 0.3 is 7.82 Å². The third kappa shape index (κ3) is 18.4. The van der Waals surface area contributed by atoms with E-state index in [1.807, 2.05) is 0 Å². The minimum Gasteiger partial charge on any atom is -0.303 e. The molecule has 1 atom stereocenters. The molecule has 2 N–H and O–H groups in total. The van der Waals surface area contributed by atoms with Gasteiger partial charge in [-0.05, 0) is 6.42 Å². The highest BCUT2D eigenvalue weighted by Crippen LogP contribution is 2.36. The van der Waals surface area contributed by atoms with Crippen LogP contribution in [0.1, 0.15) is 90.4 Å². The Balaban J connectivity index is 3.18. The summed E-state index contributed by atoms with van der Waals surface area (Å²) in [5.41, 5.74) is 0. The molecule has 0 aromatic carbocycles. The van der Waals surface area contributed by atoms with E-state index in [2.05, 4.69) is 11.4 Å². The van der Waals surface area contributed by atoms with E-state index in [-0.39, 0.29) is 12.0 Å². The van der Waals surface area contributed by atoms with Gasteiger partial charge in [-0.25, -0.2) is 4.57 Å². The Morgan fingerprint density at radius 2 is 1.27 bits per heavy atom. The fraction of sp³-hybridized carbons (Fsp3) is 1.00. The van der Waals surface area contributed by atoms with Gasteiger partial charge in [0, 0.05) is 0 Å². The van der Waals surface area contributed by atoms with Crippen LogP contribution in [0.25, 0.3) is 0 Å². The Morgan fingerprint density at radius 3 is 1.68 bits per heavy atom. The number of rotatable bonds is 16. The van der Waals surface area contributed by atoms with Crippen LogP contribution in [-0.4, -0.2) is 21.8 Å². The number of hydrogen-bond acceptors (Lipinski definition) is 2. The smallest absolute Gasteiger partial charge is 0.303 e. The number of phosphoric ester groups is 1. The van der Waals surface area contributed by atoms with E-state index in [4.69, 9.17) is 21.4 Å². The minimum absolute atomic E-state index is 0.0795. The fourth-order valence-electron chi connectivity index (χ4n) is 2.47. The summed E-state index contributed by atoms with van der Waals surface area (Å²) in [5.74, 6) is 0. The van der Waals surface area contributed by atoms with Crippen molar-refractivity contribution >= 4 is 19.4 Å². The lowest BCUT2D eigenvalue weighted by atomic mass is 10.0. The van der Waals surface area contributed by atoms with Crippen LogP contribution in [-0.2, 0) is 9.09 Å². The molecule has 4 nitrogen and oxygen atoms in total. The van der Waals surface area contributed by atoms with Crippen molar-refractivity contribution in [3.05, 3.63) is 0 Å². The first-order valence-electron chi connectivity index (χ1n) is 8.80. The van der Waals surface area contributed by atoms with Gasteiger partial charge in [-0.2, -0.15) is 0 Å². The van der Waals surface area contributed by atoms with Crippen LogP contribution in [0.15, 0.2) is 0 Å². The molecule has 0 aromatic rings. The van der Waals surface area contributed by atoms with E-state index in [0.717, 1.165) is 19.3 Å². The predicted molar refractivity (Wildman–Crippen MR) is 93.3 cm³/mol. The summed E-state index contributed by atoms with van der Waals surface area (Å²) < 4.78 is 14.9. The van der Waals surface area contributed by atoms with Crippen molar-refractivity contribution in [1.29, 1.82) is 0 Å². The van der Waals surface area contributed by atoms with E-state index in [1.165, 1.54) is 64.2 Å². The van der Waals surface area contributed by atoms with E-state index in [0.29, 0.717) is 0 Å². The average Bonchev–Trinajstić information content (AvgIpc) is 2.45. The van der Waals surface area contributed by atoms with E-state index in [9.17, 15) is 4.57 Å². The summed E-state index contributed by atoms with van der Waals surface area (Å²) in [6, 6.07) is 0. The lowest BCUT2D eigenvalue weighted by Gasteiger charge is -2.10. The van der Waals surface area contributed by atoms with Gasteiger partial charge in [0.2, 0.25) is 0 Å². The molecule has 0 aliphatic rings. The molecule has 134 valence electrons. The summed E-state index contributed by atoms with van der Waals surface area (Å²) in [7, 11) is -4.37. The van der Waals surface area contributed by atoms with Crippen LogP contribution < -0.4 is 0 Å². The van der Waals surface area contributed by atoms with E-state index in [1.54, 1.807) is 0 Å². The molecule has 0 amide bonds. The van der Waals surface area contributed by atoms with Gasteiger partial charge in [0.1, 0.15) is 0 Å². The van der Waals surface area contributed by atoms with E-state index < -0.39 is 7.82 Å². The second-order valence-electron chi connectivity index (χ2n) is 6.06. The Hall–Kier alpha value is 0.400. The highest BCUT2D eigenvalue weighted by atomic mass is 35.5. The molecule has 6 heteroatoms. The molecule has 0 radical (unpaired) electrons. The van der Waals surface area contributed by atoms with Gasteiger partial charge in [0.25, 0.3) is 0 Å². The second kappa shape index (κ2) is 15.0. The highest BCUT2D eigenvalue weighted by molar-refractivity contribution is 7.46. The molecule has 0 rings (SSSR count). The molecule has 0 heterocycles. The maximum absolute atomic E-state index is 10.5. The number of alkyl halides is 1. The SMILES string of the molecule is CCCCCCCCCCCCCCC(Cl)COP(=O)(O)O. The van der Waals surface area contributed by atoms with Crippen LogP contribution in [0.2, 0.25) is 0 Å². The van der Waals surface area contributed by atoms with Crippen LogP contribution in [0.4, 0.5) is 0 Å². The molecule has 22 heavy (non-hydrogen) atoms. The first-order valence-corrected chi connectivity index (χ1v) is 10.8. The van der Waals surface area contributed by atoms with Crippen molar-refractivity contribution in [2.75, 3.05) is 6.61 Å². The number of halogens is 1. The summed E-state index contributed by atoms with van der Waals surface area (Å²) in [4.78, 5) is 17.1. The van der Waals surface area contributed by atoms with E-state index >= 15 is 0 Å². The minimum atomic E-state index is -4.37. The Bertz CT molecular complexity index is 283. The zero-order chi connectivity index (χ0) is 16.7. The normalized spacial score (nSPS) is 13.5. The van der Waals surface area contributed by atoms with Crippen molar-refractivity contribution in [2.45, 2.75) is 95.8 Å². The molecule has 1 unspecified atom stereocenters. The van der Waals surface area contributed by atoms with Gasteiger partial charge in [0.05, 0.1) is 12.0 Å². The zero-order valence-corrected chi connectivity index (χ0v) is 15.7. The summed E-state index contributed by atoms with van der Waals surface area (Å²) in [6.07, 6.45) is 16.3. The molecule has 0 fully saturated rings. The molecular weight excluding hydrogens is 323 g/mol. The summed E-state index contributed by atoms with van der Waals surface area (Å²) in [6.45, 7) is 2.17. The monoisotopic (exact) mass is 356 g/mol. The summed E-state index contributed by atoms with van der Waals surface area (Å²) in [5, 5.41) is -0.309. The topological polar surface area (TPSA) is 66.8 Å².